The molecule has 8 heteroatoms. The summed E-state index contributed by atoms with van der Waals surface area (Å²) in [7, 11) is 0. The number of ether oxygens (including phenoxy) is 2. The van der Waals surface area contributed by atoms with Crippen molar-refractivity contribution in [3.8, 4) is 12.3 Å². The van der Waals surface area contributed by atoms with Crippen LogP contribution in [0.5, 0.6) is 0 Å². The van der Waals surface area contributed by atoms with Crippen molar-refractivity contribution in [2.75, 3.05) is 17.2 Å². The van der Waals surface area contributed by atoms with E-state index in [-0.39, 0.29) is 19.1 Å². The summed E-state index contributed by atoms with van der Waals surface area (Å²) < 4.78 is 9.97. The maximum absolute atomic E-state index is 12.6. The van der Waals surface area contributed by atoms with E-state index >= 15 is 0 Å². The lowest BCUT2D eigenvalue weighted by atomic mass is 10.1. The molecule has 0 aliphatic rings. The van der Waals surface area contributed by atoms with Crippen molar-refractivity contribution in [2.24, 2.45) is 0 Å². The van der Waals surface area contributed by atoms with Crippen molar-refractivity contribution in [2.45, 2.75) is 32.9 Å². The van der Waals surface area contributed by atoms with Crippen LogP contribution in [0.4, 0.5) is 21.0 Å². The molecule has 0 heterocycles. The van der Waals surface area contributed by atoms with E-state index in [1.54, 1.807) is 69.3 Å². The van der Waals surface area contributed by atoms with Crippen LogP contribution >= 0.6 is 0 Å². The van der Waals surface area contributed by atoms with Gasteiger partial charge in [0.1, 0.15) is 5.60 Å². The fourth-order valence-electron chi connectivity index (χ4n) is 2.42. The molecule has 0 aliphatic carbocycles. The van der Waals surface area contributed by atoms with Gasteiger partial charge in [0.05, 0.1) is 11.4 Å². The number of para-hydroxylation sites is 2. The van der Waals surface area contributed by atoms with E-state index < -0.39 is 17.8 Å². The molecule has 2 rings (SSSR count). The van der Waals surface area contributed by atoms with Gasteiger partial charge in [0.15, 0.2) is 6.61 Å². The first-order valence-corrected chi connectivity index (χ1v) is 9.51. The second kappa shape index (κ2) is 10.7. The van der Waals surface area contributed by atoms with Crippen molar-refractivity contribution >= 4 is 29.5 Å². The van der Waals surface area contributed by atoms with Gasteiger partial charge in [-0.15, -0.1) is 6.42 Å². The Morgan fingerprint density at radius 1 is 0.935 bits per heavy atom. The molecule has 3 N–H and O–H groups in total. The summed E-state index contributed by atoms with van der Waals surface area (Å²) in [6, 6.07) is 13.5. The maximum atomic E-state index is 12.6. The fraction of sp³-hybridized carbons (Fsp3) is 0.261. The molecule has 0 aliphatic heterocycles. The van der Waals surface area contributed by atoms with Gasteiger partial charge in [-0.05, 0) is 50.6 Å². The standard InChI is InChI=1S/C23H25N3O5/c1-5-14-30-21(28)24-15-16-10-12-17(13-11-16)20(27)25-18-8-6-7-9-19(18)26-22(29)31-23(2,3)4/h1,6-13H,14-15H2,2-4H3,(H,24,28)(H,25,27)(H,26,29). The van der Waals surface area contributed by atoms with Gasteiger partial charge in [0, 0.05) is 12.1 Å². The third kappa shape index (κ3) is 8.11. The van der Waals surface area contributed by atoms with Gasteiger partial charge >= 0.3 is 12.2 Å². The molecular formula is C23H25N3O5. The van der Waals surface area contributed by atoms with E-state index in [9.17, 15) is 14.4 Å². The molecule has 2 aromatic rings. The number of benzene rings is 2. The zero-order valence-electron chi connectivity index (χ0n) is 17.7. The van der Waals surface area contributed by atoms with Crippen molar-refractivity contribution < 1.29 is 23.9 Å². The molecule has 0 fully saturated rings. The average Bonchev–Trinajstić information content (AvgIpc) is 2.71. The minimum atomic E-state index is -0.642. The van der Waals surface area contributed by atoms with Crippen LogP contribution in [0.25, 0.3) is 0 Å². The van der Waals surface area contributed by atoms with E-state index in [1.165, 1.54) is 0 Å². The number of carbonyl (C=O) groups is 3. The van der Waals surface area contributed by atoms with Crippen LogP contribution in [0.3, 0.4) is 0 Å². The molecule has 8 nitrogen and oxygen atoms in total. The lowest BCUT2D eigenvalue weighted by Gasteiger charge is -2.20. The van der Waals surface area contributed by atoms with Crippen LogP contribution in [0.2, 0.25) is 0 Å². The predicted molar refractivity (Wildman–Crippen MR) is 118 cm³/mol. The third-order valence-electron chi connectivity index (χ3n) is 3.75. The molecule has 0 unspecified atom stereocenters. The monoisotopic (exact) mass is 423 g/mol. The number of amides is 3. The van der Waals surface area contributed by atoms with Crippen LogP contribution in [0.1, 0.15) is 36.7 Å². The zero-order chi connectivity index (χ0) is 22.9. The molecule has 162 valence electrons. The summed E-state index contributed by atoms with van der Waals surface area (Å²) in [4.78, 5) is 36.1. The molecule has 0 saturated heterocycles. The van der Waals surface area contributed by atoms with E-state index in [0.717, 1.165) is 5.56 Å². The summed E-state index contributed by atoms with van der Waals surface area (Å²) >= 11 is 0. The topological polar surface area (TPSA) is 106 Å². The van der Waals surface area contributed by atoms with Crippen LogP contribution in [-0.4, -0.2) is 30.3 Å². The smallest absolute Gasteiger partial charge is 0.412 e. The van der Waals surface area contributed by atoms with Crippen LogP contribution < -0.4 is 16.0 Å². The quantitative estimate of drug-likeness (QED) is 0.606. The van der Waals surface area contributed by atoms with Gasteiger partial charge in [0.2, 0.25) is 0 Å². The highest BCUT2D eigenvalue weighted by Gasteiger charge is 2.18. The Kier molecular flexibility index (Phi) is 8.03. The van der Waals surface area contributed by atoms with Crippen LogP contribution in [0, 0.1) is 12.3 Å². The Bertz CT molecular complexity index is 972. The molecule has 0 spiro atoms. The van der Waals surface area contributed by atoms with Crippen molar-refractivity contribution in [3.05, 3.63) is 59.7 Å². The second-order valence-electron chi connectivity index (χ2n) is 7.46. The van der Waals surface area contributed by atoms with Gasteiger partial charge in [-0.3, -0.25) is 10.1 Å². The third-order valence-corrected chi connectivity index (χ3v) is 3.75. The van der Waals surface area contributed by atoms with Gasteiger partial charge < -0.3 is 20.1 Å². The molecule has 0 atom stereocenters. The first-order valence-electron chi connectivity index (χ1n) is 9.51. The van der Waals surface area contributed by atoms with Crippen LogP contribution in [-0.2, 0) is 16.0 Å². The van der Waals surface area contributed by atoms with Gasteiger partial charge in [-0.25, -0.2) is 9.59 Å². The number of anilines is 2. The van der Waals surface area contributed by atoms with Gasteiger partial charge in [0.25, 0.3) is 5.91 Å². The summed E-state index contributed by atoms with van der Waals surface area (Å²) in [5.41, 5.74) is 1.39. The number of hydrogen-bond acceptors (Lipinski definition) is 5. The normalized spacial score (nSPS) is 10.4. The molecule has 3 amide bonds. The molecule has 0 saturated carbocycles. The number of rotatable bonds is 6. The summed E-state index contributed by atoms with van der Waals surface area (Å²) in [5.74, 6) is 1.85. The van der Waals surface area contributed by atoms with Crippen molar-refractivity contribution in [3.63, 3.8) is 0 Å². The Balaban J connectivity index is 1.98. The summed E-state index contributed by atoms with van der Waals surface area (Å²) in [6.07, 6.45) is 3.79. The highest BCUT2D eigenvalue weighted by atomic mass is 16.6. The van der Waals surface area contributed by atoms with E-state index in [1.807, 2.05) is 0 Å². The Morgan fingerprint density at radius 3 is 2.13 bits per heavy atom. The predicted octanol–water partition coefficient (Wildman–Crippen LogP) is 4.15. The fourth-order valence-corrected chi connectivity index (χ4v) is 2.42. The van der Waals surface area contributed by atoms with Crippen molar-refractivity contribution in [1.29, 1.82) is 0 Å². The average molecular weight is 423 g/mol. The van der Waals surface area contributed by atoms with Crippen LogP contribution in [0.15, 0.2) is 48.5 Å². The highest BCUT2D eigenvalue weighted by molar-refractivity contribution is 6.06. The Labute approximate surface area is 181 Å². The van der Waals surface area contributed by atoms with E-state index in [0.29, 0.717) is 16.9 Å². The lowest BCUT2D eigenvalue weighted by molar-refractivity contribution is 0.0635. The second-order valence-corrected chi connectivity index (χ2v) is 7.46. The van der Waals surface area contributed by atoms with E-state index in [4.69, 9.17) is 15.9 Å². The van der Waals surface area contributed by atoms with Gasteiger partial charge in [-0.2, -0.15) is 0 Å². The number of terminal acetylenes is 1. The van der Waals surface area contributed by atoms with Gasteiger partial charge in [-0.1, -0.05) is 30.2 Å². The Morgan fingerprint density at radius 2 is 1.55 bits per heavy atom. The Hall–Kier alpha value is -3.99. The highest BCUT2D eigenvalue weighted by Crippen LogP contribution is 2.23. The minimum Gasteiger partial charge on any atom is -0.444 e. The number of hydrogen-bond donors (Lipinski definition) is 3. The first-order chi connectivity index (χ1) is 14.7. The van der Waals surface area contributed by atoms with E-state index in [2.05, 4.69) is 21.9 Å². The molecule has 2 aromatic carbocycles. The molecule has 0 radical (unpaired) electrons. The number of carbonyl (C=O) groups excluding carboxylic acids is 3. The zero-order valence-corrected chi connectivity index (χ0v) is 17.7. The first kappa shape index (κ1) is 23.3. The maximum Gasteiger partial charge on any atom is 0.412 e. The lowest BCUT2D eigenvalue weighted by Crippen LogP contribution is -2.27. The summed E-state index contributed by atoms with van der Waals surface area (Å²) in [5, 5.41) is 7.96. The largest absolute Gasteiger partial charge is 0.444 e. The summed E-state index contributed by atoms with van der Waals surface area (Å²) in [6.45, 7) is 5.42. The molecular weight excluding hydrogens is 398 g/mol. The SMILES string of the molecule is C#CCOC(=O)NCc1ccc(C(=O)Nc2ccccc2NC(=O)OC(C)(C)C)cc1. The molecule has 31 heavy (non-hydrogen) atoms. The molecule has 0 bridgehead atoms. The number of alkyl carbamates (subject to hydrolysis) is 1. The minimum absolute atomic E-state index is 0.102. The van der Waals surface area contributed by atoms with Crippen molar-refractivity contribution in [1.82, 2.24) is 5.32 Å². The molecule has 0 aromatic heterocycles. The number of nitrogens with one attached hydrogen (secondary N) is 3.